The average Bonchev–Trinajstić information content (AvgIpc) is 2.94. The first-order valence-corrected chi connectivity index (χ1v) is 5.89. The molecule has 2 N–H and O–H groups in total. The van der Waals surface area contributed by atoms with E-state index in [-0.39, 0.29) is 23.8 Å². The lowest BCUT2D eigenvalue weighted by Crippen LogP contribution is -2.36. The minimum atomic E-state index is 0.0786. The zero-order chi connectivity index (χ0) is 11.5. The third kappa shape index (κ3) is 3.49. The SMILES string of the molecule is CC(C)C(C)C(=O)NCC1(CCO)CC1. The molecule has 0 spiro atoms. The van der Waals surface area contributed by atoms with Crippen LogP contribution in [0.1, 0.15) is 40.0 Å². The summed E-state index contributed by atoms with van der Waals surface area (Å²) in [4.78, 5) is 11.7. The van der Waals surface area contributed by atoms with E-state index in [1.54, 1.807) is 0 Å². The van der Waals surface area contributed by atoms with Crippen LogP contribution in [0.25, 0.3) is 0 Å². The number of nitrogens with one attached hydrogen (secondary N) is 1. The van der Waals surface area contributed by atoms with Gasteiger partial charge in [0.1, 0.15) is 0 Å². The number of hydrogen-bond acceptors (Lipinski definition) is 2. The first-order chi connectivity index (χ1) is 7.01. The molecule has 88 valence electrons. The van der Waals surface area contributed by atoms with Gasteiger partial charge in [-0.3, -0.25) is 4.79 Å². The van der Waals surface area contributed by atoms with Gasteiger partial charge in [0.05, 0.1) is 0 Å². The van der Waals surface area contributed by atoms with Gasteiger partial charge in [0.25, 0.3) is 0 Å². The summed E-state index contributed by atoms with van der Waals surface area (Å²) in [5, 5.41) is 11.9. The molecule has 0 saturated heterocycles. The van der Waals surface area contributed by atoms with E-state index in [0.29, 0.717) is 5.92 Å². The zero-order valence-corrected chi connectivity index (χ0v) is 10.0. The van der Waals surface area contributed by atoms with Crippen molar-refractivity contribution >= 4 is 5.91 Å². The number of carbonyl (C=O) groups excluding carboxylic acids is 1. The molecule has 0 bridgehead atoms. The van der Waals surface area contributed by atoms with Crippen LogP contribution in [-0.4, -0.2) is 24.2 Å². The first-order valence-electron chi connectivity index (χ1n) is 5.89. The number of carbonyl (C=O) groups is 1. The lowest BCUT2D eigenvalue weighted by atomic mass is 9.96. The first kappa shape index (κ1) is 12.5. The Morgan fingerprint density at radius 1 is 1.40 bits per heavy atom. The van der Waals surface area contributed by atoms with Gasteiger partial charge in [0.2, 0.25) is 5.91 Å². The summed E-state index contributed by atoms with van der Waals surface area (Å²) in [7, 11) is 0. The molecule has 3 heteroatoms. The molecular weight excluding hydrogens is 190 g/mol. The molecule has 1 amide bonds. The van der Waals surface area contributed by atoms with Crippen molar-refractivity contribution in [2.45, 2.75) is 40.0 Å². The topological polar surface area (TPSA) is 49.3 Å². The van der Waals surface area contributed by atoms with Crippen molar-refractivity contribution in [1.82, 2.24) is 5.32 Å². The molecule has 1 aliphatic carbocycles. The van der Waals surface area contributed by atoms with Gasteiger partial charge >= 0.3 is 0 Å². The highest BCUT2D eigenvalue weighted by molar-refractivity contribution is 5.78. The van der Waals surface area contributed by atoms with E-state index < -0.39 is 0 Å². The Bertz CT molecular complexity index is 222. The lowest BCUT2D eigenvalue weighted by molar-refractivity contribution is -0.126. The Balaban J connectivity index is 2.28. The van der Waals surface area contributed by atoms with Gasteiger partial charge in [0.15, 0.2) is 0 Å². The van der Waals surface area contributed by atoms with Crippen LogP contribution in [0, 0.1) is 17.3 Å². The molecule has 0 aromatic carbocycles. The van der Waals surface area contributed by atoms with Crippen molar-refractivity contribution in [1.29, 1.82) is 0 Å². The normalized spacial score (nSPS) is 20.1. The largest absolute Gasteiger partial charge is 0.396 e. The Morgan fingerprint density at radius 2 is 2.00 bits per heavy atom. The summed E-state index contributed by atoms with van der Waals surface area (Å²) in [6.45, 7) is 7.06. The van der Waals surface area contributed by atoms with E-state index in [0.717, 1.165) is 25.8 Å². The van der Waals surface area contributed by atoms with Crippen LogP contribution >= 0.6 is 0 Å². The van der Waals surface area contributed by atoms with Crippen LogP contribution in [-0.2, 0) is 4.79 Å². The second kappa shape index (κ2) is 4.97. The summed E-state index contributed by atoms with van der Waals surface area (Å²) in [5.74, 6) is 0.613. The van der Waals surface area contributed by atoms with Crippen molar-refractivity contribution in [3.05, 3.63) is 0 Å². The van der Waals surface area contributed by atoms with E-state index in [1.165, 1.54) is 0 Å². The third-order valence-corrected chi connectivity index (χ3v) is 3.65. The van der Waals surface area contributed by atoms with Gasteiger partial charge in [-0.1, -0.05) is 20.8 Å². The van der Waals surface area contributed by atoms with E-state index in [4.69, 9.17) is 5.11 Å². The molecule has 0 radical (unpaired) electrons. The fraction of sp³-hybridized carbons (Fsp3) is 0.917. The van der Waals surface area contributed by atoms with Crippen LogP contribution in [0.3, 0.4) is 0 Å². The van der Waals surface area contributed by atoms with Crippen molar-refractivity contribution < 1.29 is 9.90 Å². The van der Waals surface area contributed by atoms with Crippen LogP contribution in [0.5, 0.6) is 0 Å². The molecule has 1 aliphatic rings. The molecular formula is C12H23NO2. The van der Waals surface area contributed by atoms with E-state index in [9.17, 15) is 4.79 Å². The highest BCUT2D eigenvalue weighted by Gasteiger charge is 2.42. The van der Waals surface area contributed by atoms with E-state index in [1.807, 2.05) is 6.92 Å². The van der Waals surface area contributed by atoms with Gasteiger partial charge in [-0.25, -0.2) is 0 Å². The number of hydrogen-bond donors (Lipinski definition) is 2. The summed E-state index contributed by atoms with van der Waals surface area (Å²) in [6, 6.07) is 0. The Hall–Kier alpha value is -0.570. The Kier molecular flexibility index (Phi) is 4.14. The van der Waals surface area contributed by atoms with Crippen LogP contribution in [0.4, 0.5) is 0 Å². The van der Waals surface area contributed by atoms with Crippen LogP contribution in [0.2, 0.25) is 0 Å². The van der Waals surface area contributed by atoms with E-state index >= 15 is 0 Å². The molecule has 1 saturated carbocycles. The highest BCUT2D eigenvalue weighted by Crippen LogP contribution is 2.47. The molecule has 1 rings (SSSR count). The third-order valence-electron chi connectivity index (χ3n) is 3.65. The second-order valence-electron chi connectivity index (χ2n) is 5.22. The fourth-order valence-corrected chi connectivity index (χ4v) is 1.67. The minimum absolute atomic E-state index is 0.0786. The summed E-state index contributed by atoms with van der Waals surface area (Å²) >= 11 is 0. The molecule has 0 heterocycles. The smallest absolute Gasteiger partial charge is 0.223 e. The molecule has 15 heavy (non-hydrogen) atoms. The van der Waals surface area contributed by atoms with Gasteiger partial charge < -0.3 is 10.4 Å². The van der Waals surface area contributed by atoms with Gasteiger partial charge in [0, 0.05) is 19.1 Å². The maximum Gasteiger partial charge on any atom is 0.223 e. The predicted molar refractivity (Wildman–Crippen MR) is 60.4 cm³/mol. The van der Waals surface area contributed by atoms with Crippen LogP contribution in [0.15, 0.2) is 0 Å². The van der Waals surface area contributed by atoms with Gasteiger partial charge in [-0.05, 0) is 30.6 Å². The summed E-state index contributed by atoms with van der Waals surface area (Å²) in [5.41, 5.74) is 0.223. The number of rotatable bonds is 6. The number of aliphatic hydroxyl groups is 1. The number of amides is 1. The second-order valence-corrected chi connectivity index (χ2v) is 5.22. The molecule has 1 atom stereocenters. The molecule has 0 aromatic rings. The van der Waals surface area contributed by atoms with Crippen molar-refractivity contribution in [2.24, 2.45) is 17.3 Å². The molecule has 1 fully saturated rings. The van der Waals surface area contributed by atoms with Crippen LogP contribution < -0.4 is 5.32 Å². The Labute approximate surface area is 92.3 Å². The number of aliphatic hydroxyl groups excluding tert-OH is 1. The summed E-state index contributed by atoms with van der Waals surface area (Å²) in [6.07, 6.45) is 3.11. The van der Waals surface area contributed by atoms with Crippen molar-refractivity contribution in [2.75, 3.05) is 13.2 Å². The quantitative estimate of drug-likeness (QED) is 0.703. The van der Waals surface area contributed by atoms with Crippen molar-refractivity contribution in [3.63, 3.8) is 0 Å². The van der Waals surface area contributed by atoms with E-state index in [2.05, 4.69) is 19.2 Å². The molecule has 0 aliphatic heterocycles. The summed E-state index contributed by atoms with van der Waals surface area (Å²) < 4.78 is 0. The van der Waals surface area contributed by atoms with Crippen molar-refractivity contribution in [3.8, 4) is 0 Å². The minimum Gasteiger partial charge on any atom is -0.396 e. The zero-order valence-electron chi connectivity index (χ0n) is 10.0. The Morgan fingerprint density at radius 3 is 2.40 bits per heavy atom. The average molecular weight is 213 g/mol. The molecule has 1 unspecified atom stereocenters. The maximum absolute atomic E-state index is 11.7. The maximum atomic E-state index is 11.7. The fourth-order valence-electron chi connectivity index (χ4n) is 1.67. The predicted octanol–water partition coefficient (Wildman–Crippen LogP) is 1.56. The molecule has 0 aromatic heterocycles. The molecule has 3 nitrogen and oxygen atoms in total. The van der Waals surface area contributed by atoms with Gasteiger partial charge in [-0.15, -0.1) is 0 Å². The standard InChI is InChI=1S/C12H23NO2/c1-9(2)10(3)11(15)13-8-12(4-5-12)6-7-14/h9-10,14H,4-8H2,1-3H3,(H,13,15). The van der Waals surface area contributed by atoms with Gasteiger partial charge in [-0.2, -0.15) is 0 Å². The lowest BCUT2D eigenvalue weighted by Gasteiger charge is -2.19. The monoisotopic (exact) mass is 213 g/mol. The highest BCUT2D eigenvalue weighted by atomic mass is 16.3.